The fraction of sp³-hybridized carbons (Fsp3) is 0.778. The molecule has 23 heteroatoms. The third kappa shape index (κ3) is 22.4. The average molecular weight is 847 g/mol. The van der Waals surface area contributed by atoms with Crippen LogP contribution >= 0.6 is 0 Å². The minimum Gasteiger partial charge on any atom is -0.480 e. The predicted octanol–water partition coefficient (Wildman–Crippen LogP) is -5.25. The van der Waals surface area contributed by atoms with Gasteiger partial charge in [-0.1, -0.05) is 13.8 Å². The van der Waals surface area contributed by atoms with E-state index in [0.717, 1.165) is 6.92 Å². The first kappa shape index (κ1) is 54.5. The number of aliphatic carboxylic acids is 1. The number of carboxylic acid groups (broad SMARTS) is 1. The average Bonchev–Trinajstić information content (AvgIpc) is 3.13. The van der Waals surface area contributed by atoms with Crippen molar-refractivity contribution in [1.82, 2.24) is 42.5 Å². The van der Waals surface area contributed by atoms with Crippen molar-refractivity contribution in [2.75, 3.05) is 19.6 Å². The Hall–Kier alpha value is -4.52. The lowest BCUT2D eigenvalue weighted by Gasteiger charge is -2.29. The largest absolute Gasteiger partial charge is 0.480 e. The summed E-state index contributed by atoms with van der Waals surface area (Å²) >= 11 is 0. The van der Waals surface area contributed by atoms with Crippen LogP contribution in [0.4, 0.5) is 0 Å². The number of rotatable bonds is 30. The molecule has 0 heterocycles. The quantitative estimate of drug-likeness (QED) is 0.0237. The Bertz CT molecular complexity index is 1370. The molecule has 0 fully saturated rings. The monoisotopic (exact) mass is 847 g/mol. The predicted molar refractivity (Wildman–Crippen MR) is 216 cm³/mol. The van der Waals surface area contributed by atoms with Gasteiger partial charge in [-0.05, 0) is 91.1 Å². The van der Waals surface area contributed by atoms with Gasteiger partial charge in [-0.25, -0.2) is 4.79 Å². The van der Waals surface area contributed by atoms with Crippen LogP contribution < -0.4 is 65.5 Å². The zero-order valence-corrected chi connectivity index (χ0v) is 35.0. The number of nitrogens with one attached hydrogen (secondary N) is 8. The van der Waals surface area contributed by atoms with E-state index in [1.54, 1.807) is 13.8 Å². The molecular weight excluding hydrogens is 776 g/mol. The summed E-state index contributed by atoms with van der Waals surface area (Å²) in [7, 11) is 0. The highest BCUT2D eigenvalue weighted by atomic mass is 16.4. The first-order valence-corrected chi connectivity index (χ1v) is 19.9. The summed E-state index contributed by atoms with van der Waals surface area (Å²) in [5, 5.41) is 50.1. The van der Waals surface area contributed by atoms with E-state index in [2.05, 4.69) is 42.5 Å². The van der Waals surface area contributed by atoms with Crippen molar-refractivity contribution in [3.63, 3.8) is 0 Å². The smallest absolute Gasteiger partial charge is 0.328 e. The zero-order valence-electron chi connectivity index (χ0n) is 35.0. The number of hydrogen-bond acceptors (Lipinski definition) is 15. The summed E-state index contributed by atoms with van der Waals surface area (Å²) in [5.41, 5.74) is 22.5. The third-order valence-corrected chi connectivity index (χ3v) is 8.96. The summed E-state index contributed by atoms with van der Waals surface area (Å²) in [6, 6.07) is -9.40. The summed E-state index contributed by atoms with van der Waals surface area (Å²) < 4.78 is 0. The highest BCUT2D eigenvalue weighted by molar-refractivity contribution is 5.97. The first-order valence-electron chi connectivity index (χ1n) is 19.9. The summed E-state index contributed by atoms with van der Waals surface area (Å²) in [6.07, 6.45) is -1.79. The molecule has 59 heavy (non-hydrogen) atoms. The minimum atomic E-state index is -1.69. The summed E-state index contributed by atoms with van der Waals surface area (Å²) in [6.45, 7) is 9.07. The molecule has 23 nitrogen and oxygen atoms in total. The second kappa shape index (κ2) is 28.8. The van der Waals surface area contributed by atoms with E-state index in [0.29, 0.717) is 25.8 Å². The van der Waals surface area contributed by atoms with Crippen LogP contribution in [0.25, 0.3) is 0 Å². The molecule has 0 radical (unpaired) electrons. The van der Waals surface area contributed by atoms with Gasteiger partial charge in [0.25, 0.3) is 0 Å². The van der Waals surface area contributed by atoms with E-state index >= 15 is 0 Å². The molecular formula is C36H70N12O11. The Morgan fingerprint density at radius 3 is 1.37 bits per heavy atom. The van der Waals surface area contributed by atoms with Gasteiger partial charge in [0.2, 0.25) is 41.4 Å². The standard InChI is InChI=1S/C36H70N12O11/c1-18(2)26(33(56)48-28(21(5)50)35(58)59)46-34(57)27(20(4)49)47-32(55)24(13-8-10-16-41-22(6)51)44-31(54)25(14-11-17-42-36(39)40)45-30(53)23(12-7-9-15-37)43-29(52)19(3)38/h18-21,23-28,36,42,49-50H,7-17,37-40H2,1-6H3,(H,41,51)(H,43,52)(H,44,54)(H,45,53)(H,46,57)(H,47,55)(H,48,56)(H,58,59)/t19-,20+,21+,23-,24-,25-,26-,27-,28-/m0/s1. The molecule has 0 aromatic heterocycles. The Morgan fingerprint density at radius 2 is 0.949 bits per heavy atom. The van der Waals surface area contributed by atoms with Crippen LogP contribution in [0.2, 0.25) is 0 Å². The van der Waals surface area contributed by atoms with Crippen LogP contribution in [0.15, 0.2) is 0 Å². The van der Waals surface area contributed by atoms with Gasteiger partial charge in [0, 0.05) is 13.5 Å². The van der Waals surface area contributed by atoms with E-state index in [9.17, 15) is 53.7 Å². The van der Waals surface area contributed by atoms with Crippen molar-refractivity contribution in [2.45, 2.75) is 154 Å². The number of carbonyl (C=O) groups is 8. The second-order valence-electron chi connectivity index (χ2n) is 14.9. The molecule has 7 amide bonds. The molecule has 0 saturated carbocycles. The van der Waals surface area contributed by atoms with Gasteiger partial charge >= 0.3 is 5.97 Å². The molecule has 19 N–H and O–H groups in total. The third-order valence-electron chi connectivity index (χ3n) is 8.96. The van der Waals surface area contributed by atoms with Crippen LogP contribution in [0.5, 0.6) is 0 Å². The molecule has 340 valence electrons. The van der Waals surface area contributed by atoms with Gasteiger partial charge in [-0.2, -0.15) is 0 Å². The van der Waals surface area contributed by atoms with Crippen LogP contribution in [0.3, 0.4) is 0 Å². The first-order chi connectivity index (χ1) is 27.5. The van der Waals surface area contributed by atoms with Crippen molar-refractivity contribution in [1.29, 1.82) is 0 Å². The fourth-order valence-electron chi connectivity index (χ4n) is 5.53. The van der Waals surface area contributed by atoms with E-state index in [4.69, 9.17) is 22.9 Å². The second-order valence-corrected chi connectivity index (χ2v) is 14.9. The van der Waals surface area contributed by atoms with Crippen LogP contribution in [0, 0.1) is 5.92 Å². The van der Waals surface area contributed by atoms with Crippen molar-refractivity contribution >= 4 is 47.3 Å². The molecule has 0 aliphatic rings. The van der Waals surface area contributed by atoms with Gasteiger partial charge < -0.3 is 75.5 Å². The molecule has 0 aliphatic carbocycles. The number of aliphatic hydroxyl groups is 2. The van der Waals surface area contributed by atoms with Crippen LogP contribution in [0.1, 0.15) is 92.9 Å². The van der Waals surface area contributed by atoms with Crippen molar-refractivity contribution < 1.29 is 53.7 Å². The maximum Gasteiger partial charge on any atom is 0.328 e. The molecule has 0 bridgehead atoms. The number of hydrogen-bond donors (Lipinski definition) is 15. The number of amides is 7. The molecule has 0 spiro atoms. The Labute approximate surface area is 345 Å². The van der Waals surface area contributed by atoms with E-state index in [1.807, 2.05) is 0 Å². The highest BCUT2D eigenvalue weighted by Gasteiger charge is 2.36. The topological polar surface area (TPSA) is 398 Å². The number of carbonyl (C=O) groups excluding carboxylic acids is 7. The molecule has 9 atom stereocenters. The van der Waals surface area contributed by atoms with Gasteiger partial charge in [0.15, 0.2) is 6.04 Å². The van der Waals surface area contributed by atoms with Gasteiger partial charge in [0.1, 0.15) is 36.5 Å². The lowest BCUT2D eigenvalue weighted by atomic mass is 10.0. The number of carboxylic acids is 1. The maximum absolute atomic E-state index is 14.0. The number of aliphatic hydroxyl groups excluding tert-OH is 2. The van der Waals surface area contributed by atoms with Crippen LogP contribution in [-0.2, 0) is 38.4 Å². The molecule has 0 aromatic rings. The van der Waals surface area contributed by atoms with Crippen molar-refractivity contribution in [3.05, 3.63) is 0 Å². The summed E-state index contributed by atoms with van der Waals surface area (Å²) in [5.74, 6) is -7.42. The maximum atomic E-state index is 14.0. The minimum absolute atomic E-state index is 0.0140. The molecule has 0 aliphatic heterocycles. The Balaban J connectivity index is 6.52. The fourth-order valence-corrected chi connectivity index (χ4v) is 5.53. The van der Waals surface area contributed by atoms with Crippen molar-refractivity contribution in [3.8, 4) is 0 Å². The van der Waals surface area contributed by atoms with Gasteiger partial charge in [0.05, 0.1) is 18.2 Å². The molecule has 0 rings (SSSR count). The van der Waals surface area contributed by atoms with E-state index in [-0.39, 0.29) is 51.1 Å². The normalized spacial score (nSPS) is 15.9. The highest BCUT2D eigenvalue weighted by Crippen LogP contribution is 2.10. The van der Waals surface area contributed by atoms with Gasteiger partial charge in [-0.3, -0.25) is 38.9 Å². The van der Waals surface area contributed by atoms with Crippen LogP contribution in [-0.4, -0.2) is 143 Å². The Morgan fingerprint density at radius 1 is 0.525 bits per heavy atom. The molecule has 0 saturated heterocycles. The van der Waals surface area contributed by atoms with Gasteiger partial charge in [-0.15, -0.1) is 0 Å². The Kier molecular flexibility index (Phi) is 26.6. The lowest BCUT2D eigenvalue weighted by Crippen LogP contribution is -2.62. The summed E-state index contributed by atoms with van der Waals surface area (Å²) in [4.78, 5) is 103. The number of unbranched alkanes of at least 4 members (excludes halogenated alkanes) is 2. The molecule has 0 unspecified atom stereocenters. The SMILES string of the molecule is CC(=O)NCCCC[C@H](NC(=O)[C@H](CCCNC(N)N)NC(=O)[C@H](CCCCN)NC(=O)[C@H](C)N)C(=O)N[C@H](C(=O)N[C@H](C(=O)N[C@H](C(=O)O)[C@@H](C)O)C(C)C)[C@@H](C)O. The van der Waals surface area contributed by atoms with E-state index < -0.39 is 108 Å². The number of nitrogens with two attached hydrogens (primary N) is 4. The van der Waals surface area contributed by atoms with Crippen molar-refractivity contribution in [2.24, 2.45) is 28.9 Å². The lowest BCUT2D eigenvalue weighted by molar-refractivity contribution is -0.145. The van der Waals surface area contributed by atoms with E-state index in [1.165, 1.54) is 20.8 Å². The zero-order chi connectivity index (χ0) is 45.4. The molecule has 0 aromatic carbocycles.